The Labute approximate surface area is 105 Å². The second-order valence-electron chi connectivity index (χ2n) is 5.86. The molecule has 2 atom stereocenters. The van der Waals surface area contributed by atoms with E-state index in [0.29, 0.717) is 18.4 Å². The van der Waals surface area contributed by atoms with Crippen LogP contribution < -0.4 is 5.73 Å². The van der Waals surface area contributed by atoms with Gasteiger partial charge in [-0.15, -0.1) is 0 Å². The molecule has 0 aromatic carbocycles. The number of nitrogens with zero attached hydrogens (tertiary/aromatic N) is 1. The summed E-state index contributed by atoms with van der Waals surface area (Å²) in [6.45, 7) is 2.96. The maximum Gasteiger partial charge on any atom is 0.222 e. The highest BCUT2D eigenvalue weighted by molar-refractivity contribution is 5.76. The van der Waals surface area contributed by atoms with Gasteiger partial charge in [-0.05, 0) is 44.9 Å². The summed E-state index contributed by atoms with van der Waals surface area (Å²) in [7, 11) is 0. The first-order chi connectivity index (χ1) is 8.18. The number of likely N-dealkylation sites (tertiary alicyclic amines) is 1. The Morgan fingerprint density at radius 1 is 1.29 bits per heavy atom. The normalized spacial score (nSPS) is 27.6. The van der Waals surface area contributed by atoms with Crippen LogP contribution in [-0.4, -0.2) is 29.4 Å². The number of amides is 1. The van der Waals surface area contributed by atoms with Crippen molar-refractivity contribution < 1.29 is 4.79 Å². The molecular weight excluding hydrogens is 212 g/mol. The van der Waals surface area contributed by atoms with Crippen molar-refractivity contribution in [1.82, 2.24) is 4.90 Å². The molecule has 1 aliphatic heterocycles. The molecule has 1 aliphatic carbocycles. The maximum atomic E-state index is 12.2. The Morgan fingerprint density at radius 3 is 2.65 bits per heavy atom. The summed E-state index contributed by atoms with van der Waals surface area (Å²) >= 11 is 0. The molecule has 1 heterocycles. The Balaban J connectivity index is 1.87. The third-order valence-corrected chi connectivity index (χ3v) is 4.38. The molecule has 3 nitrogen and oxygen atoms in total. The second-order valence-corrected chi connectivity index (χ2v) is 5.86. The van der Waals surface area contributed by atoms with Crippen LogP contribution in [0.25, 0.3) is 0 Å². The van der Waals surface area contributed by atoms with Crippen LogP contribution in [0.3, 0.4) is 0 Å². The van der Waals surface area contributed by atoms with Crippen LogP contribution in [-0.2, 0) is 4.79 Å². The average molecular weight is 238 g/mol. The lowest BCUT2D eigenvalue weighted by Gasteiger charge is -2.29. The number of hydrogen-bond acceptors (Lipinski definition) is 2. The fraction of sp³-hybridized carbons (Fsp3) is 0.929. The van der Waals surface area contributed by atoms with Crippen molar-refractivity contribution in [1.29, 1.82) is 0 Å². The molecule has 2 N–H and O–H groups in total. The molecule has 0 bridgehead atoms. The van der Waals surface area contributed by atoms with E-state index in [9.17, 15) is 4.79 Å². The summed E-state index contributed by atoms with van der Waals surface area (Å²) in [4.78, 5) is 14.4. The van der Waals surface area contributed by atoms with Gasteiger partial charge in [-0.2, -0.15) is 0 Å². The first-order valence-electron chi connectivity index (χ1n) is 7.23. The van der Waals surface area contributed by atoms with Crippen LogP contribution in [0.15, 0.2) is 0 Å². The van der Waals surface area contributed by atoms with E-state index in [1.165, 1.54) is 38.5 Å². The van der Waals surface area contributed by atoms with Crippen molar-refractivity contribution in [2.45, 2.75) is 70.4 Å². The summed E-state index contributed by atoms with van der Waals surface area (Å²) in [6.07, 6.45) is 9.29. The van der Waals surface area contributed by atoms with Crippen molar-refractivity contribution in [2.75, 3.05) is 6.54 Å². The third-order valence-electron chi connectivity index (χ3n) is 4.38. The van der Waals surface area contributed by atoms with Gasteiger partial charge < -0.3 is 10.6 Å². The zero-order chi connectivity index (χ0) is 12.3. The molecule has 2 fully saturated rings. The second kappa shape index (κ2) is 5.85. The molecule has 0 aromatic heterocycles. The molecule has 3 heteroatoms. The highest BCUT2D eigenvalue weighted by Gasteiger charge is 2.35. The number of rotatable bonds is 4. The van der Waals surface area contributed by atoms with Crippen molar-refractivity contribution in [2.24, 2.45) is 11.7 Å². The minimum atomic E-state index is 0.145. The molecule has 2 aliphatic rings. The molecule has 1 amide bonds. The maximum absolute atomic E-state index is 12.2. The molecule has 2 rings (SSSR count). The van der Waals surface area contributed by atoms with Gasteiger partial charge >= 0.3 is 0 Å². The van der Waals surface area contributed by atoms with Gasteiger partial charge in [0.15, 0.2) is 0 Å². The van der Waals surface area contributed by atoms with E-state index >= 15 is 0 Å². The standard InChI is InChI=1S/C14H26N2O/c1-11(15)8-9-14(17)16-10-4-7-13(16)12-5-2-3-6-12/h11-13H,2-10,15H2,1H3. The van der Waals surface area contributed by atoms with Crippen molar-refractivity contribution >= 4 is 5.91 Å². The quantitative estimate of drug-likeness (QED) is 0.817. The molecule has 98 valence electrons. The van der Waals surface area contributed by atoms with Gasteiger partial charge in [-0.3, -0.25) is 4.79 Å². The zero-order valence-electron chi connectivity index (χ0n) is 11.0. The number of hydrogen-bond donors (Lipinski definition) is 1. The van der Waals surface area contributed by atoms with Crippen LogP contribution >= 0.6 is 0 Å². The lowest BCUT2D eigenvalue weighted by Crippen LogP contribution is -2.39. The van der Waals surface area contributed by atoms with Crippen LogP contribution in [0, 0.1) is 5.92 Å². The van der Waals surface area contributed by atoms with Gasteiger partial charge in [0, 0.05) is 25.0 Å². The van der Waals surface area contributed by atoms with E-state index in [-0.39, 0.29) is 6.04 Å². The van der Waals surface area contributed by atoms with Crippen molar-refractivity contribution in [3.8, 4) is 0 Å². The predicted molar refractivity (Wildman–Crippen MR) is 69.6 cm³/mol. The fourth-order valence-electron chi connectivity index (χ4n) is 3.43. The summed E-state index contributed by atoms with van der Waals surface area (Å²) in [5.74, 6) is 1.13. The minimum absolute atomic E-state index is 0.145. The minimum Gasteiger partial charge on any atom is -0.339 e. The van der Waals surface area contributed by atoms with E-state index in [4.69, 9.17) is 5.73 Å². The Hall–Kier alpha value is -0.570. The Bertz CT molecular complexity index is 259. The highest BCUT2D eigenvalue weighted by atomic mass is 16.2. The van der Waals surface area contributed by atoms with E-state index in [2.05, 4.69) is 4.90 Å². The summed E-state index contributed by atoms with van der Waals surface area (Å²) in [5.41, 5.74) is 5.73. The number of nitrogens with two attached hydrogens (primary N) is 1. The Morgan fingerprint density at radius 2 is 2.00 bits per heavy atom. The summed E-state index contributed by atoms with van der Waals surface area (Å²) in [5, 5.41) is 0. The number of carbonyl (C=O) groups is 1. The van der Waals surface area contributed by atoms with Crippen LogP contribution in [0.4, 0.5) is 0 Å². The average Bonchev–Trinajstić information content (AvgIpc) is 2.94. The van der Waals surface area contributed by atoms with Crippen molar-refractivity contribution in [3.05, 3.63) is 0 Å². The first kappa shape index (κ1) is 12.9. The first-order valence-corrected chi connectivity index (χ1v) is 7.23. The number of carbonyl (C=O) groups excluding carboxylic acids is 1. The van der Waals surface area contributed by atoms with E-state index in [0.717, 1.165) is 18.9 Å². The van der Waals surface area contributed by atoms with Crippen LogP contribution in [0.5, 0.6) is 0 Å². The molecule has 0 aromatic rings. The largest absolute Gasteiger partial charge is 0.339 e. The van der Waals surface area contributed by atoms with Gasteiger partial charge in [-0.25, -0.2) is 0 Å². The van der Waals surface area contributed by atoms with E-state index < -0.39 is 0 Å². The van der Waals surface area contributed by atoms with E-state index in [1.807, 2.05) is 6.92 Å². The predicted octanol–water partition coefficient (Wildman–Crippen LogP) is 2.29. The zero-order valence-corrected chi connectivity index (χ0v) is 11.0. The van der Waals surface area contributed by atoms with E-state index in [1.54, 1.807) is 0 Å². The highest BCUT2D eigenvalue weighted by Crippen LogP contribution is 2.35. The molecule has 1 saturated carbocycles. The summed E-state index contributed by atoms with van der Waals surface area (Å²) in [6, 6.07) is 0.699. The van der Waals surface area contributed by atoms with Gasteiger partial charge in [0.2, 0.25) is 5.91 Å². The Kier molecular flexibility index (Phi) is 4.43. The summed E-state index contributed by atoms with van der Waals surface area (Å²) < 4.78 is 0. The molecule has 2 unspecified atom stereocenters. The monoisotopic (exact) mass is 238 g/mol. The lowest BCUT2D eigenvalue weighted by molar-refractivity contribution is -0.133. The smallest absolute Gasteiger partial charge is 0.222 e. The molecule has 0 spiro atoms. The fourth-order valence-corrected chi connectivity index (χ4v) is 3.43. The van der Waals surface area contributed by atoms with Crippen molar-refractivity contribution in [3.63, 3.8) is 0 Å². The van der Waals surface area contributed by atoms with Gasteiger partial charge in [0.05, 0.1) is 0 Å². The third kappa shape index (κ3) is 3.21. The van der Waals surface area contributed by atoms with Crippen LogP contribution in [0.2, 0.25) is 0 Å². The topological polar surface area (TPSA) is 46.3 Å². The molecule has 1 saturated heterocycles. The molecular formula is C14H26N2O. The van der Waals surface area contributed by atoms with Crippen LogP contribution in [0.1, 0.15) is 58.3 Å². The van der Waals surface area contributed by atoms with Gasteiger partial charge in [0.25, 0.3) is 0 Å². The van der Waals surface area contributed by atoms with Gasteiger partial charge in [0.1, 0.15) is 0 Å². The molecule has 0 radical (unpaired) electrons. The molecule has 17 heavy (non-hydrogen) atoms. The SMILES string of the molecule is CC(N)CCC(=O)N1CCCC1C1CCCC1. The lowest BCUT2D eigenvalue weighted by atomic mass is 9.96. The van der Waals surface area contributed by atoms with Gasteiger partial charge in [-0.1, -0.05) is 12.8 Å².